The normalized spacial score (nSPS) is 14.1. The lowest BCUT2D eigenvalue weighted by Crippen LogP contribution is -2.38. The highest BCUT2D eigenvalue weighted by Gasteiger charge is 2.21. The summed E-state index contributed by atoms with van der Waals surface area (Å²) in [6, 6.07) is -0.589. The van der Waals surface area contributed by atoms with E-state index in [9.17, 15) is 4.79 Å². The zero-order chi connectivity index (χ0) is 9.78. The predicted molar refractivity (Wildman–Crippen MR) is 47.5 cm³/mol. The van der Waals surface area contributed by atoms with Gasteiger partial charge in [-0.15, -0.1) is 0 Å². The fourth-order valence-corrected chi connectivity index (χ4v) is 0.675. The van der Waals surface area contributed by atoms with Crippen LogP contribution in [0.2, 0.25) is 0 Å². The predicted octanol–water partition coefficient (Wildman–Crippen LogP) is 0.00420. The number of carbonyl (C=O) groups excluding carboxylic acids is 1. The molecule has 4 heteroatoms. The molecule has 0 aliphatic heterocycles. The molecular weight excluding hydrogens is 156 g/mol. The third-order valence-corrected chi connectivity index (χ3v) is 1.19. The van der Waals surface area contributed by atoms with Crippen LogP contribution in [0.3, 0.4) is 0 Å². The van der Waals surface area contributed by atoms with Crippen molar-refractivity contribution in [3.05, 3.63) is 0 Å². The minimum Gasteiger partial charge on any atom is -0.459 e. The minimum absolute atomic E-state index is 0.382. The van der Waals surface area contributed by atoms with Crippen molar-refractivity contribution < 1.29 is 9.53 Å². The Bertz CT molecular complexity index is 152. The lowest BCUT2D eigenvalue weighted by Gasteiger charge is -2.21. The molecule has 0 aliphatic rings. The first-order valence-electron chi connectivity index (χ1n) is 4.05. The second-order valence-electron chi connectivity index (χ2n) is 3.72. The fraction of sp³-hybridized carbons (Fsp3) is 0.875. The zero-order valence-electron chi connectivity index (χ0n) is 7.96. The van der Waals surface area contributed by atoms with Gasteiger partial charge >= 0.3 is 5.97 Å². The van der Waals surface area contributed by atoms with Gasteiger partial charge in [-0.1, -0.05) is 0 Å². The van der Waals surface area contributed by atoms with E-state index in [1.165, 1.54) is 0 Å². The third kappa shape index (κ3) is 5.09. The van der Waals surface area contributed by atoms with Crippen LogP contribution in [-0.4, -0.2) is 24.2 Å². The monoisotopic (exact) mass is 174 g/mol. The number of hydrogen-bond donors (Lipinski definition) is 2. The van der Waals surface area contributed by atoms with Gasteiger partial charge in [-0.05, 0) is 33.7 Å². The van der Waals surface area contributed by atoms with Crippen molar-refractivity contribution in [1.29, 1.82) is 0 Å². The van der Waals surface area contributed by atoms with E-state index >= 15 is 0 Å². The highest BCUT2D eigenvalue weighted by Crippen LogP contribution is 2.08. The summed E-state index contributed by atoms with van der Waals surface area (Å²) in [6.45, 7) is 5.82. The van der Waals surface area contributed by atoms with Gasteiger partial charge < -0.3 is 16.2 Å². The van der Waals surface area contributed by atoms with E-state index in [1.807, 2.05) is 0 Å². The quantitative estimate of drug-likeness (QED) is 0.590. The third-order valence-electron chi connectivity index (χ3n) is 1.19. The second kappa shape index (κ2) is 4.42. The molecule has 0 aliphatic carbocycles. The maximum Gasteiger partial charge on any atom is 0.323 e. The summed E-state index contributed by atoms with van der Waals surface area (Å²) < 4.78 is 5.03. The van der Waals surface area contributed by atoms with Crippen LogP contribution in [0, 0.1) is 0 Å². The van der Waals surface area contributed by atoms with Gasteiger partial charge in [0, 0.05) is 0 Å². The van der Waals surface area contributed by atoms with Crippen LogP contribution in [0.4, 0.5) is 0 Å². The maximum atomic E-state index is 11.1. The fourth-order valence-electron chi connectivity index (χ4n) is 0.675. The summed E-state index contributed by atoms with van der Waals surface area (Å²) in [5.41, 5.74) is 10.3. The first kappa shape index (κ1) is 11.4. The van der Waals surface area contributed by atoms with Gasteiger partial charge in [0.25, 0.3) is 0 Å². The zero-order valence-corrected chi connectivity index (χ0v) is 7.96. The summed E-state index contributed by atoms with van der Waals surface area (Å²) in [4.78, 5) is 11.1. The van der Waals surface area contributed by atoms with Gasteiger partial charge in [-0.25, -0.2) is 0 Å². The Morgan fingerprint density at radius 2 is 2.00 bits per heavy atom. The summed E-state index contributed by atoms with van der Waals surface area (Å²) in [7, 11) is 0. The highest BCUT2D eigenvalue weighted by molar-refractivity contribution is 5.75. The van der Waals surface area contributed by atoms with Gasteiger partial charge in [0.1, 0.15) is 11.6 Å². The van der Waals surface area contributed by atoms with Crippen LogP contribution in [-0.2, 0) is 9.53 Å². The van der Waals surface area contributed by atoms with Crippen LogP contribution in [0.25, 0.3) is 0 Å². The smallest absolute Gasteiger partial charge is 0.323 e. The van der Waals surface area contributed by atoms with E-state index in [-0.39, 0.29) is 5.97 Å². The molecule has 0 fully saturated rings. The minimum atomic E-state index is -0.589. The molecule has 0 aromatic heterocycles. The van der Waals surface area contributed by atoms with E-state index in [0.717, 1.165) is 0 Å². The van der Waals surface area contributed by atoms with Crippen LogP contribution < -0.4 is 11.5 Å². The van der Waals surface area contributed by atoms with E-state index in [2.05, 4.69) is 0 Å². The topological polar surface area (TPSA) is 78.3 Å². The second-order valence-corrected chi connectivity index (χ2v) is 3.72. The van der Waals surface area contributed by atoms with Crippen LogP contribution in [0.5, 0.6) is 0 Å². The Balaban J connectivity index is 3.87. The summed E-state index contributed by atoms with van der Waals surface area (Å²) in [6.07, 6.45) is 0.467. The molecule has 0 aromatic carbocycles. The molecule has 0 aromatic rings. The molecule has 0 bridgehead atoms. The van der Waals surface area contributed by atoms with Crippen molar-refractivity contribution in [1.82, 2.24) is 0 Å². The van der Waals surface area contributed by atoms with Crippen LogP contribution >= 0.6 is 0 Å². The molecule has 0 rings (SSSR count). The number of esters is 1. The van der Waals surface area contributed by atoms with Crippen molar-refractivity contribution in [3.63, 3.8) is 0 Å². The van der Waals surface area contributed by atoms with E-state index in [4.69, 9.17) is 16.2 Å². The Morgan fingerprint density at radius 3 is 2.33 bits per heavy atom. The van der Waals surface area contributed by atoms with Crippen molar-refractivity contribution in [2.75, 3.05) is 6.54 Å². The number of carbonyl (C=O) groups is 1. The van der Waals surface area contributed by atoms with Crippen molar-refractivity contribution in [2.45, 2.75) is 38.8 Å². The molecule has 1 atom stereocenters. The molecule has 4 N–H and O–H groups in total. The van der Waals surface area contributed by atoms with E-state index in [0.29, 0.717) is 13.0 Å². The molecular formula is C8H18N2O2. The van der Waals surface area contributed by atoms with Crippen LogP contribution in [0.15, 0.2) is 0 Å². The summed E-state index contributed by atoms with van der Waals surface area (Å²) >= 11 is 0. The van der Waals surface area contributed by atoms with Gasteiger partial charge in [0.05, 0.1) is 0 Å². The van der Waals surface area contributed by atoms with Crippen molar-refractivity contribution in [3.8, 4) is 0 Å². The number of rotatable bonds is 3. The molecule has 0 heterocycles. The first-order valence-corrected chi connectivity index (χ1v) is 4.05. The molecule has 4 nitrogen and oxygen atoms in total. The molecule has 12 heavy (non-hydrogen) atoms. The van der Waals surface area contributed by atoms with E-state index in [1.54, 1.807) is 20.8 Å². The van der Waals surface area contributed by atoms with Gasteiger partial charge in [0.15, 0.2) is 0 Å². The SMILES string of the molecule is CC(C)(C)OC(=O)[C@@H](N)CCN. The van der Waals surface area contributed by atoms with Crippen molar-refractivity contribution >= 4 is 5.97 Å². The Kier molecular flexibility index (Phi) is 4.20. The number of ether oxygens (including phenoxy) is 1. The molecule has 0 amide bonds. The van der Waals surface area contributed by atoms with Crippen LogP contribution in [0.1, 0.15) is 27.2 Å². The molecule has 0 radical (unpaired) electrons. The highest BCUT2D eigenvalue weighted by atomic mass is 16.6. The molecule has 0 spiro atoms. The molecule has 0 unspecified atom stereocenters. The lowest BCUT2D eigenvalue weighted by atomic mass is 10.1. The number of nitrogens with two attached hydrogens (primary N) is 2. The van der Waals surface area contributed by atoms with Gasteiger partial charge in [0.2, 0.25) is 0 Å². The molecule has 0 saturated carbocycles. The Labute approximate surface area is 73.2 Å². The molecule has 72 valence electrons. The Morgan fingerprint density at radius 1 is 1.50 bits per heavy atom. The summed E-state index contributed by atoms with van der Waals surface area (Å²) in [5.74, 6) is -0.382. The number of hydrogen-bond acceptors (Lipinski definition) is 4. The van der Waals surface area contributed by atoms with Crippen molar-refractivity contribution in [2.24, 2.45) is 11.5 Å². The molecule has 0 saturated heterocycles. The largest absolute Gasteiger partial charge is 0.459 e. The maximum absolute atomic E-state index is 11.1. The van der Waals surface area contributed by atoms with Gasteiger partial charge in [-0.2, -0.15) is 0 Å². The Hall–Kier alpha value is -0.610. The van der Waals surface area contributed by atoms with E-state index < -0.39 is 11.6 Å². The lowest BCUT2D eigenvalue weighted by molar-refractivity contribution is -0.156. The van der Waals surface area contributed by atoms with Gasteiger partial charge in [-0.3, -0.25) is 4.79 Å². The first-order chi connectivity index (χ1) is 5.37. The summed E-state index contributed by atoms with van der Waals surface area (Å²) in [5, 5.41) is 0. The standard InChI is InChI=1S/C8H18N2O2/c1-8(2,3)12-7(11)6(10)4-5-9/h6H,4-5,9-10H2,1-3H3/t6-/m0/s1. The average Bonchev–Trinajstić information content (AvgIpc) is 1.84. The average molecular weight is 174 g/mol.